The van der Waals surface area contributed by atoms with Crippen LogP contribution in [0.1, 0.15) is 21.6 Å². The van der Waals surface area contributed by atoms with Crippen molar-refractivity contribution in [1.82, 2.24) is 14.2 Å². The predicted molar refractivity (Wildman–Crippen MR) is 82.5 cm³/mol. The number of rotatable bonds is 4. The van der Waals surface area contributed by atoms with Gasteiger partial charge in [0.25, 0.3) is 5.91 Å². The van der Waals surface area contributed by atoms with Crippen molar-refractivity contribution in [3.05, 3.63) is 64.7 Å². The van der Waals surface area contributed by atoms with E-state index in [-0.39, 0.29) is 11.7 Å². The first-order chi connectivity index (χ1) is 10.6. The second-order valence-electron chi connectivity index (χ2n) is 4.82. The molecule has 1 aromatic carbocycles. The Kier molecular flexibility index (Phi) is 3.97. The fourth-order valence-corrected chi connectivity index (χ4v) is 2.69. The zero-order chi connectivity index (χ0) is 15.5. The summed E-state index contributed by atoms with van der Waals surface area (Å²) < 4.78 is 18.6. The molecule has 0 aliphatic carbocycles. The van der Waals surface area contributed by atoms with E-state index >= 15 is 0 Å². The summed E-state index contributed by atoms with van der Waals surface area (Å²) in [5, 5.41) is 8.69. The van der Waals surface area contributed by atoms with Crippen LogP contribution in [0.5, 0.6) is 0 Å². The van der Waals surface area contributed by atoms with Crippen LogP contribution in [-0.2, 0) is 6.54 Å². The average Bonchev–Trinajstić information content (AvgIpc) is 3.10. The van der Waals surface area contributed by atoms with Crippen LogP contribution in [0.25, 0.3) is 0 Å². The third-order valence-corrected chi connectivity index (χ3v) is 3.86. The fourth-order valence-electron chi connectivity index (χ4n) is 2.00. The standard InChI is InChI=1S/C15H13FN4OS/c1-10-14(9-22-19-10)15(21)18-13-6-17-20(8-13)7-11-2-4-12(16)5-3-11/h2-6,8-9H,7H2,1H3,(H,18,21). The molecule has 0 fully saturated rings. The SMILES string of the molecule is Cc1nscc1C(=O)Nc1cnn(Cc2ccc(F)cc2)c1. The molecular weight excluding hydrogens is 303 g/mol. The Morgan fingerprint density at radius 1 is 1.36 bits per heavy atom. The third kappa shape index (κ3) is 3.20. The molecule has 0 bridgehead atoms. The lowest BCUT2D eigenvalue weighted by Crippen LogP contribution is -2.11. The van der Waals surface area contributed by atoms with Gasteiger partial charge in [-0.25, -0.2) is 4.39 Å². The van der Waals surface area contributed by atoms with Crippen molar-refractivity contribution < 1.29 is 9.18 Å². The topological polar surface area (TPSA) is 59.8 Å². The number of halogens is 1. The van der Waals surface area contributed by atoms with Gasteiger partial charge in [-0.2, -0.15) is 9.47 Å². The molecule has 2 heterocycles. The first kappa shape index (κ1) is 14.4. The van der Waals surface area contributed by atoms with Crippen LogP contribution < -0.4 is 5.32 Å². The maximum atomic E-state index is 12.9. The van der Waals surface area contributed by atoms with E-state index in [1.807, 2.05) is 0 Å². The van der Waals surface area contributed by atoms with Gasteiger partial charge in [0.1, 0.15) is 5.82 Å². The molecule has 0 aliphatic rings. The smallest absolute Gasteiger partial charge is 0.258 e. The summed E-state index contributed by atoms with van der Waals surface area (Å²) in [6.07, 6.45) is 3.31. The highest BCUT2D eigenvalue weighted by Crippen LogP contribution is 2.13. The maximum Gasteiger partial charge on any atom is 0.258 e. The molecule has 0 saturated carbocycles. The summed E-state index contributed by atoms with van der Waals surface area (Å²) in [6, 6.07) is 6.23. The van der Waals surface area contributed by atoms with Gasteiger partial charge >= 0.3 is 0 Å². The monoisotopic (exact) mass is 316 g/mol. The Bertz CT molecular complexity index is 794. The molecule has 5 nitrogen and oxygen atoms in total. The molecule has 0 radical (unpaired) electrons. The van der Waals surface area contributed by atoms with Gasteiger partial charge in [-0.15, -0.1) is 0 Å². The first-order valence-corrected chi connectivity index (χ1v) is 7.45. The van der Waals surface area contributed by atoms with Crippen molar-refractivity contribution in [2.24, 2.45) is 0 Å². The zero-order valence-corrected chi connectivity index (χ0v) is 12.6. The van der Waals surface area contributed by atoms with Crippen LogP contribution in [0.4, 0.5) is 10.1 Å². The van der Waals surface area contributed by atoms with Gasteiger partial charge in [0.2, 0.25) is 0 Å². The van der Waals surface area contributed by atoms with Crippen LogP contribution in [0.3, 0.4) is 0 Å². The first-order valence-electron chi connectivity index (χ1n) is 6.61. The normalized spacial score (nSPS) is 10.6. The van der Waals surface area contributed by atoms with Crippen molar-refractivity contribution in [3.8, 4) is 0 Å². The quantitative estimate of drug-likeness (QED) is 0.804. The minimum atomic E-state index is -0.267. The Balaban J connectivity index is 1.67. The second-order valence-corrected chi connectivity index (χ2v) is 5.45. The van der Waals surface area contributed by atoms with Crippen molar-refractivity contribution >= 4 is 23.1 Å². The molecule has 3 rings (SSSR count). The van der Waals surface area contributed by atoms with E-state index in [0.29, 0.717) is 23.5 Å². The highest BCUT2D eigenvalue weighted by atomic mass is 32.1. The lowest BCUT2D eigenvalue weighted by atomic mass is 10.2. The molecule has 1 N–H and O–H groups in total. The predicted octanol–water partition coefficient (Wildman–Crippen LogP) is 3.09. The van der Waals surface area contributed by atoms with Gasteiger partial charge in [-0.05, 0) is 36.2 Å². The number of hydrogen-bond donors (Lipinski definition) is 1. The minimum Gasteiger partial charge on any atom is -0.319 e. The Labute approximate surface area is 130 Å². The number of aryl methyl sites for hydroxylation is 1. The molecule has 0 unspecified atom stereocenters. The van der Waals surface area contributed by atoms with Crippen LogP contribution in [0.15, 0.2) is 42.0 Å². The van der Waals surface area contributed by atoms with Gasteiger partial charge in [0.05, 0.1) is 29.7 Å². The summed E-state index contributed by atoms with van der Waals surface area (Å²) >= 11 is 1.25. The van der Waals surface area contributed by atoms with Crippen LogP contribution in [0, 0.1) is 12.7 Å². The number of nitrogens with zero attached hydrogens (tertiary/aromatic N) is 3. The number of anilines is 1. The maximum absolute atomic E-state index is 12.9. The number of hydrogen-bond acceptors (Lipinski definition) is 4. The summed E-state index contributed by atoms with van der Waals surface area (Å²) in [7, 11) is 0. The van der Waals surface area contributed by atoms with E-state index in [1.54, 1.807) is 41.5 Å². The summed E-state index contributed by atoms with van der Waals surface area (Å²) in [5.74, 6) is -0.468. The Hall–Kier alpha value is -2.54. The van der Waals surface area contributed by atoms with Crippen molar-refractivity contribution in [2.75, 3.05) is 5.32 Å². The van der Waals surface area contributed by atoms with Crippen molar-refractivity contribution in [3.63, 3.8) is 0 Å². The number of benzene rings is 1. The molecule has 3 aromatic rings. The van der Waals surface area contributed by atoms with Gasteiger partial charge in [-0.1, -0.05) is 12.1 Å². The minimum absolute atomic E-state index is 0.201. The summed E-state index contributed by atoms with van der Waals surface area (Å²) in [6.45, 7) is 2.30. The molecule has 1 amide bonds. The lowest BCUT2D eigenvalue weighted by molar-refractivity contribution is 0.102. The van der Waals surface area contributed by atoms with Crippen molar-refractivity contribution in [1.29, 1.82) is 0 Å². The summed E-state index contributed by atoms with van der Waals surface area (Å²) in [4.78, 5) is 12.1. The van der Waals surface area contributed by atoms with Crippen LogP contribution in [-0.4, -0.2) is 20.1 Å². The zero-order valence-electron chi connectivity index (χ0n) is 11.8. The molecular formula is C15H13FN4OS. The van der Waals surface area contributed by atoms with Gasteiger partial charge < -0.3 is 5.32 Å². The second kappa shape index (κ2) is 6.07. The number of nitrogens with one attached hydrogen (secondary N) is 1. The Morgan fingerprint density at radius 2 is 2.14 bits per heavy atom. The molecule has 112 valence electrons. The molecule has 0 atom stereocenters. The molecule has 0 saturated heterocycles. The molecule has 0 aliphatic heterocycles. The molecule has 0 spiro atoms. The van der Waals surface area contributed by atoms with E-state index in [4.69, 9.17) is 0 Å². The van der Waals surface area contributed by atoms with Crippen molar-refractivity contribution in [2.45, 2.75) is 13.5 Å². The van der Waals surface area contributed by atoms with Crippen LogP contribution >= 0.6 is 11.5 Å². The highest BCUT2D eigenvalue weighted by molar-refractivity contribution is 7.04. The van der Waals surface area contributed by atoms with E-state index in [1.165, 1.54) is 23.7 Å². The van der Waals surface area contributed by atoms with E-state index in [0.717, 1.165) is 5.56 Å². The van der Waals surface area contributed by atoms with Gasteiger partial charge in [-0.3, -0.25) is 9.48 Å². The third-order valence-electron chi connectivity index (χ3n) is 3.14. The molecule has 2 aromatic heterocycles. The molecule has 7 heteroatoms. The van der Waals surface area contributed by atoms with Gasteiger partial charge in [0.15, 0.2) is 0 Å². The highest BCUT2D eigenvalue weighted by Gasteiger charge is 2.12. The lowest BCUT2D eigenvalue weighted by Gasteiger charge is -2.02. The summed E-state index contributed by atoms with van der Waals surface area (Å²) in [5.41, 5.74) is 2.82. The average molecular weight is 316 g/mol. The molecule has 22 heavy (non-hydrogen) atoms. The fraction of sp³-hybridized carbons (Fsp3) is 0.133. The van der Waals surface area contributed by atoms with E-state index in [9.17, 15) is 9.18 Å². The Morgan fingerprint density at radius 3 is 2.82 bits per heavy atom. The number of carbonyl (C=O) groups excluding carboxylic acids is 1. The number of carbonyl (C=O) groups is 1. The largest absolute Gasteiger partial charge is 0.319 e. The van der Waals surface area contributed by atoms with E-state index in [2.05, 4.69) is 14.8 Å². The van der Waals surface area contributed by atoms with Gasteiger partial charge in [0, 0.05) is 11.6 Å². The van der Waals surface area contributed by atoms with E-state index < -0.39 is 0 Å². The number of amides is 1. The number of aromatic nitrogens is 3. The van der Waals surface area contributed by atoms with Crippen LogP contribution in [0.2, 0.25) is 0 Å².